The second-order valence-corrected chi connectivity index (χ2v) is 11.1. The number of nitrogens with zero attached hydrogens (tertiary/aromatic N) is 5. The van der Waals surface area contributed by atoms with Crippen molar-refractivity contribution >= 4 is 34.6 Å². The molecule has 2 aromatic carbocycles. The summed E-state index contributed by atoms with van der Waals surface area (Å²) in [6.07, 6.45) is 3.47. The van der Waals surface area contributed by atoms with Crippen LogP contribution in [0, 0.1) is 0 Å². The Morgan fingerprint density at radius 2 is 1.90 bits per heavy atom. The van der Waals surface area contributed by atoms with Crippen LogP contribution in [-0.4, -0.2) is 89.0 Å². The van der Waals surface area contributed by atoms with E-state index in [1.807, 2.05) is 18.3 Å². The molecule has 3 amide bonds. The minimum absolute atomic E-state index is 0.0521. The lowest BCUT2D eigenvalue weighted by molar-refractivity contribution is -0.136. The van der Waals surface area contributed by atoms with Gasteiger partial charge in [0.05, 0.1) is 18.7 Å². The molecule has 11 nitrogen and oxygen atoms in total. The van der Waals surface area contributed by atoms with Crippen LogP contribution in [0.1, 0.15) is 40.7 Å². The average molecular weight is 557 g/mol. The fourth-order valence-electron chi connectivity index (χ4n) is 6.20. The Bertz CT molecular complexity index is 1520. The lowest BCUT2D eigenvalue weighted by atomic mass is 10.0. The zero-order valence-electron chi connectivity index (χ0n) is 22.8. The van der Waals surface area contributed by atoms with E-state index < -0.39 is 11.9 Å². The fourth-order valence-corrected chi connectivity index (χ4v) is 6.20. The van der Waals surface area contributed by atoms with E-state index in [1.165, 1.54) is 5.56 Å². The summed E-state index contributed by atoms with van der Waals surface area (Å²) in [6, 6.07) is 11.3. The molecule has 0 saturated carbocycles. The zero-order valence-corrected chi connectivity index (χ0v) is 22.8. The summed E-state index contributed by atoms with van der Waals surface area (Å²) in [5, 5.41) is 3.38. The first-order valence-corrected chi connectivity index (χ1v) is 14.3. The number of benzene rings is 2. The highest BCUT2D eigenvalue weighted by atomic mass is 16.5. The van der Waals surface area contributed by atoms with E-state index in [0.29, 0.717) is 31.7 Å². The van der Waals surface area contributed by atoms with Crippen LogP contribution in [0.4, 0.5) is 5.95 Å². The van der Waals surface area contributed by atoms with E-state index in [4.69, 9.17) is 14.5 Å². The van der Waals surface area contributed by atoms with E-state index in [1.54, 1.807) is 11.0 Å². The Morgan fingerprint density at radius 1 is 1.02 bits per heavy atom. The van der Waals surface area contributed by atoms with Crippen molar-refractivity contribution in [1.82, 2.24) is 25.1 Å². The number of hydrogen-bond donors (Lipinski definition) is 1. The van der Waals surface area contributed by atoms with Gasteiger partial charge >= 0.3 is 0 Å². The molecule has 5 heterocycles. The molecule has 1 aromatic heterocycles. The van der Waals surface area contributed by atoms with Gasteiger partial charge in [-0.3, -0.25) is 24.6 Å². The minimum atomic E-state index is -0.617. The maximum absolute atomic E-state index is 13.0. The molecular formula is C30H32N6O5. The van der Waals surface area contributed by atoms with Gasteiger partial charge in [-0.2, -0.15) is 0 Å². The van der Waals surface area contributed by atoms with Crippen molar-refractivity contribution in [3.8, 4) is 5.75 Å². The number of piperidine rings is 1. The van der Waals surface area contributed by atoms with Crippen LogP contribution in [0.25, 0.3) is 10.9 Å². The summed E-state index contributed by atoms with van der Waals surface area (Å²) in [6.45, 7) is 5.93. The van der Waals surface area contributed by atoms with Gasteiger partial charge in [-0.1, -0.05) is 6.07 Å². The number of amides is 3. The molecule has 3 saturated heterocycles. The molecule has 0 unspecified atom stereocenters. The molecule has 7 rings (SSSR count). The predicted molar refractivity (Wildman–Crippen MR) is 149 cm³/mol. The number of fused-ring (bicyclic) bond motifs is 2. The van der Waals surface area contributed by atoms with E-state index in [2.05, 4.69) is 38.3 Å². The van der Waals surface area contributed by atoms with Gasteiger partial charge in [0.1, 0.15) is 17.9 Å². The Balaban J connectivity index is 0.960. The third-order valence-corrected chi connectivity index (χ3v) is 8.36. The van der Waals surface area contributed by atoms with Crippen LogP contribution >= 0.6 is 0 Å². The number of anilines is 1. The molecule has 41 heavy (non-hydrogen) atoms. The Kier molecular flexibility index (Phi) is 6.76. The number of likely N-dealkylation sites (tertiary alicyclic amines) is 1. The third-order valence-electron chi connectivity index (χ3n) is 8.36. The fraction of sp³-hybridized carbons (Fsp3) is 0.433. The number of nitrogens with one attached hydrogen (secondary N) is 1. The van der Waals surface area contributed by atoms with Crippen molar-refractivity contribution < 1.29 is 23.9 Å². The SMILES string of the molecule is O=C1CC[C@@H](N2Cc3cc(O[C@H]4CCN(Cc5ccc6nc(N7CCOCC7)ncc6c5)C4)ccc3C2=O)C(=O)N1. The first-order chi connectivity index (χ1) is 20.0. The van der Waals surface area contributed by atoms with Crippen LogP contribution in [0.2, 0.25) is 0 Å². The van der Waals surface area contributed by atoms with Gasteiger partial charge in [-0.25, -0.2) is 9.97 Å². The van der Waals surface area contributed by atoms with Gasteiger partial charge in [0, 0.05) is 62.8 Å². The molecule has 0 aliphatic carbocycles. The van der Waals surface area contributed by atoms with Crippen molar-refractivity contribution in [3.05, 3.63) is 59.3 Å². The third kappa shape index (κ3) is 5.22. The van der Waals surface area contributed by atoms with E-state index in [-0.39, 0.29) is 24.3 Å². The first kappa shape index (κ1) is 25.8. The number of carbonyl (C=O) groups excluding carboxylic acids is 3. The van der Waals surface area contributed by atoms with Crippen molar-refractivity contribution in [2.45, 2.75) is 44.5 Å². The van der Waals surface area contributed by atoms with Crippen LogP contribution in [-0.2, 0) is 27.4 Å². The van der Waals surface area contributed by atoms with Gasteiger partial charge in [0.2, 0.25) is 17.8 Å². The number of rotatable bonds is 6. The molecule has 4 aliphatic heterocycles. The molecule has 4 aliphatic rings. The maximum atomic E-state index is 13.0. The smallest absolute Gasteiger partial charge is 0.255 e. The standard InChI is InChI=1S/C30H32N6O5/c37-27-6-5-26(28(38)33-27)36-17-21-14-22(2-3-24(21)29(36)39)41-23-7-8-34(18-23)16-19-1-4-25-20(13-19)15-31-30(32-25)35-9-11-40-12-10-35/h1-4,13-15,23,26H,5-12,16-18H2,(H,33,37,38)/t23-,26+/m0/s1. The summed E-state index contributed by atoms with van der Waals surface area (Å²) in [4.78, 5) is 52.3. The number of ether oxygens (including phenoxy) is 2. The van der Waals surface area contributed by atoms with Crippen molar-refractivity contribution in [2.24, 2.45) is 0 Å². The molecule has 3 aromatic rings. The highest BCUT2D eigenvalue weighted by Crippen LogP contribution is 2.31. The summed E-state index contributed by atoms with van der Waals surface area (Å²) in [7, 11) is 0. The molecule has 0 bridgehead atoms. The monoisotopic (exact) mass is 556 g/mol. The van der Waals surface area contributed by atoms with Crippen LogP contribution in [0.3, 0.4) is 0 Å². The summed E-state index contributed by atoms with van der Waals surface area (Å²) in [5.74, 6) is 0.623. The quantitative estimate of drug-likeness (QED) is 0.454. The number of aromatic nitrogens is 2. The molecular weight excluding hydrogens is 524 g/mol. The number of imide groups is 1. The average Bonchev–Trinajstić information content (AvgIpc) is 3.56. The van der Waals surface area contributed by atoms with Crippen LogP contribution in [0.5, 0.6) is 5.75 Å². The molecule has 212 valence electrons. The number of carbonyl (C=O) groups is 3. The van der Waals surface area contributed by atoms with Gasteiger partial charge in [-0.15, -0.1) is 0 Å². The summed E-state index contributed by atoms with van der Waals surface area (Å²) < 4.78 is 11.8. The van der Waals surface area contributed by atoms with Gasteiger partial charge < -0.3 is 19.3 Å². The first-order valence-electron chi connectivity index (χ1n) is 14.3. The maximum Gasteiger partial charge on any atom is 0.255 e. The summed E-state index contributed by atoms with van der Waals surface area (Å²) in [5.41, 5.74) is 3.60. The highest BCUT2D eigenvalue weighted by molar-refractivity contribution is 6.05. The largest absolute Gasteiger partial charge is 0.489 e. The molecule has 3 fully saturated rings. The Hall–Kier alpha value is -4.09. The zero-order chi connectivity index (χ0) is 27.9. The van der Waals surface area contributed by atoms with Crippen molar-refractivity contribution in [2.75, 3.05) is 44.3 Å². The van der Waals surface area contributed by atoms with Gasteiger partial charge in [-0.05, 0) is 54.3 Å². The van der Waals surface area contributed by atoms with Crippen molar-refractivity contribution in [3.63, 3.8) is 0 Å². The lowest BCUT2D eigenvalue weighted by Crippen LogP contribution is -2.52. The normalized spacial score (nSPS) is 23.3. The second kappa shape index (κ2) is 10.7. The van der Waals surface area contributed by atoms with E-state index in [9.17, 15) is 14.4 Å². The summed E-state index contributed by atoms with van der Waals surface area (Å²) >= 11 is 0. The molecule has 11 heteroatoms. The predicted octanol–water partition coefficient (Wildman–Crippen LogP) is 1.88. The highest BCUT2D eigenvalue weighted by Gasteiger charge is 2.39. The van der Waals surface area contributed by atoms with E-state index in [0.717, 1.165) is 67.3 Å². The topological polar surface area (TPSA) is 117 Å². The Morgan fingerprint density at radius 3 is 2.76 bits per heavy atom. The number of hydrogen-bond acceptors (Lipinski definition) is 9. The number of morpholine rings is 1. The van der Waals surface area contributed by atoms with Crippen LogP contribution < -0.4 is 15.0 Å². The molecule has 0 radical (unpaired) electrons. The van der Waals surface area contributed by atoms with Gasteiger partial charge in [0.25, 0.3) is 5.91 Å². The Labute approximate surface area is 237 Å². The molecule has 2 atom stereocenters. The molecule has 1 N–H and O–H groups in total. The van der Waals surface area contributed by atoms with Gasteiger partial charge in [0.15, 0.2) is 0 Å². The van der Waals surface area contributed by atoms with Crippen LogP contribution in [0.15, 0.2) is 42.6 Å². The molecule has 0 spiro atoms. The minimum Gasteiger partial charge on any atom is -0.489 e. The second-order valence-electron chi connectivity index (χ2n) is 11.1. The van der Waals surface area contributed by atoms with Crippen molar-refractivity contribution in [1.29, 1.82) is 0 Å². The van der Waals surface area contributed by atoms with E-state index >= 15 is 0 Å². The lowest BCUT2D eigenvalue weighted by Gasteiger charge is -2.29.